The highest BCUT2D eigenvalue weighted by Crippen LogP contribution is 2.31. The standard InChI is InChI=1S/C14H22O2/c1-11-6-8-13(9-7-11)14(3,16)10-4-5-12(2)15/h6,12-13,15-16H,5,7-9H2,1-3H3. The summed E-state index contributed by atoms with van der Waals surface area (Å²) in [6, 6.07) is 0. The normalized spacial score (nSPS) is 26.1. The number of hydrogen-bond acceptors (Lipinski definition) is 2. The van der Waals surface area contributed by atoms with Crippen molar-refractivity contribution in [1.29, 1.82) is 0 Å². The van der Waals surface area contributed by atoms with Gasteiger partial charge in [0.15, 0.2) is 0 Å². The molecule has 2 N–H and O–H groups in total. The fourth-order valence-corrected chi connectivity index (χ4v) is 1.96. The first-order chi connectivity index (χ1) is 7.42. The molecule has 90 valence electrons. The molecule has 2 nitrogen and oxygen atoms in total. The van der Waals surface area contributed by atoms with Crippen LogP contribution in [0.2, 0.25) is 0 Å². The van der Waals surface area contributed by atoms with Crippen molar-refractivity contribution >= 4 is 0 Å². The Morgan fingerprint density at radius 1 is 1.62 bits per heavy atom. The number of aliphatic hydroxyl groups is 2. The van der Waals surface area contributed by atoms with Crippen molar-refractivity contribution in [1.82, 2.24) is 0 Å². The van der Waals surface area contributed by atoms with Gasteiger partial charge in [-0.2, -0.15) is 0 Å². The van der Waals surface area contributed by atoms with Crippen LogP contribution in [0.25, 0.3) is 0 Å². The topological polar surface area (TPSA) is 40.5 Å². The first kappa shape index (κ1) is 13.3. The van der Waals surface area contributed by atoms with Gasteiger partial charge in [0, 0.05) is 12.3 Å². The minimum absolute atomic E-state index is 0.220. The average molecular weight is 222 g/mol. The first-order valence-electron chi connectivity index (χ1n) is 5.98. The lowest BCUT2D eigenvalue weighted by Gasteiger charge is -2.30. The summed E-state index contributed by atoms with van der Waals surface area (Å²) in [5, 5.41) is 19.4. The van der Waals surface area contributed by atoms with Gasteiger partial charge in [-0.3, -0.25) is 0 Å². The van der Waals surface area contributed by atoms with Crippen LogP contribution in [0.5, 0.6) is 0 Å². The van der Waals surface area contributed by atoms with Gasteiger partial charge in [-0.25, -0.2) is 0 Å². The number of hydrogen-bond donors (Lipinski definition) is 2. The van der Waals surface area contributed by atoms with E-state index < -0.39 is 11.7 Å². The molecule has 0 saturated heterocycles. The zero-order chi connectivity index (χ0) is 12.2. The zero-order valence-electron chi connectivity index (χ0n) is 10.5. The lowest BCUT2D eigenvalue weighted by molar-refractivity contribution is 0.0503. The Labute approximate surface area is 98.4 Å². The van der Waals surface area contributed by atoms with E-state index in [1.807, 2.05) is 0 Å². The van der Waals surface area contributed by atoms with Gasteiger partial charge < -0.3 is 10.2 Å². The molecule has 0 spiro atoms. The van der Waals surface area contributed by atoms with E-state index >= 15 is 0 Å². The molecule has 0 saturated carbocycles. The van der Waals surface area contributed by atoms with E-state index in [4.69, 9.17) is 5.11 Å². The van der Waals surface area contributed by atoms with Crippen molar-refractivity contribution in [2.24, 2.45) is 5.92 Å². The molecule has 0 bridgehead atoms. The fraction of sp³-hybridized carbons (Fsp3) is 0.714. The van der Waals surface area contributed by atoms with E-state index in [0.717, 1.165) is 19.3 Å². The Balaban J connectivity index is 2.59. The predicted molar refractivity (Wildman–Crippen MR) is 65.8 cm³/mol. The molecule has 0 amide bonds. The fourth-order valence-electron chi connectivity index (χ4n) is 1.96. The summed E-state index contributed by atoms with van der Waals surface area (Å²) in [5.41, 5.74) is 0.482. The summed E-state index contributed by atoms with van der Waals surface area (Å²) in [4.78, 5) is 0. The van der Waals surface area contributed by atoms with Gasteiger partial charge in [0.2, 0.25) is 0 Å². The third kappa shape index (κ3) is 4.00. The highest BCUT2D eigenvalue weighted by Gasteiger charge is 2.30. The van der Waals surface area contributed by atoms with Gasteiger partial charge in [0.25, 0.3) is 0 Å². The zero-order valence-corrected chi connectivity index (χ0v) is 10.5. The third-order valence-electron chi connectivity index (χ3n) is 3.17. The van der Waals surface area contributed by atoms with Gasteiger partial charge in [0.1, 0.15) is 5.60 Å². The van der Waals surface area contributed by atoms with Crippen LogP contribution < -0.4 is 0 Å². The van der Waals surface area contributed by atoms with Crippen LogP contribution in [0.4, 0.5) is 0 Å². The molecular weight excluding hydrogens is 200 g/mol. The molecular formula is C14H22O2. The number of allylic oxidation sites excluding steroid dienone is 2. The van der Waals surface area contributed by atoms with Gasteiger partial charge in [-0.15, -0.1) is 0 Å². The Hall–Kier alpha value is -0.780. The second kappa shape index (κ2) is 5.52. The van der Waals surface area contributed by atoms with E-state index in [1.54, 1.807) is 13.8 Å². The number of rotatable bonds is 2. The van der Waals surface area contributed by atoms with Crippen molar-refractivity contribution in [2.45, 2.75) is 58.2 Å². The van der Waals surface area contributed by atoms with Gasteiger partial charge in [0.05, 0.1) is 6.10 Å². The lowest BCUT2D eigenvalue weighted by atomic mass is 9.79. The second-order valence-corrected chi connectivity index (χ2v) is 5.02. The maximum atomic E-state index is 10.3. The third-order valence-corrected chi connectivity index (χ3v) is 3.17. The van der Waals surface area contributed by atoms with Crippen LogP contribution >= 0.6 is 0 Å². The molecule has 3 unspecified atom stereocenters. The monoisotopic (exact) mass is 222 g/mol. The Bertz CT molecular complexity index is 315. The van der Waals surface area contributed by atoms with E-state index in [1.165, 1.54) is 5.57 Å². The molecule has 0 fully saturated rings. The van der Waals surface area contributed by atoms with Crippen molar-refractivity contribution in [3.8, 4) is 11.8 Å². The highest BCUT2D eigenvalue weighted by molar-refractivity contribution is 5.17. The summed E-state index contributed by atoms with van der Waals surface area (Å²) < 4.78 is 0. The quantitative estimate of drug-likeness (QED) is 0.556. The molecule has 2 heteroatoms. The van der Waals surface area contributed by atoms with Crippen molar-refractivity contribution in [3.05, 3.63) is 11.6 Å². The van der Waals surface area contributed by atoms with Crippen molar-refractivity contribution in [3.63, 3.8) is 0 Å². The molecule has 1 rings (SSSR count). The minimum atomic E-state index is -0.925. The molecule has 0 aromatic carbocycles. The van der Waals surface area contributed by atoms with Crippen LogP contribution in [0.15, 0.2) is 11.6 Å². The molecule has 16 heavy (non-hydrogen) atoms. The summed E-state index contributed by atoms with van der Waals surface area (Å²) >= 11 is 0. The SMILES string of the molecule is CC1=CCC(C(C)(O)C#CCC(C)O)CC1. The smallest absolute Gasteiger partial charge is 0.125 e. The van der Waals surface area contributed by atoms with Crippen LogP contribution in [0.3, 0.4) is 0 Å². The Morgan fingerprint density at radius 2 is 2.31 bits per heavy atom. The van der Waals surface area contributed by atoms with Crippen molar-refractivity contribution < 1.29 is 10.2 Å². The van der Waals surface area contributed by atoms with Crippen LogP contribution in [-0.4, -0.2) is 21.9 Å². The molecule has 1 aliphatic rings. The molecule has 0 radical (unpaired) electrons. The van der Waals surface area contributed by atoms with E-state index in [-0.39, 0.29) is 5.92 Å². The van der Waals surface area contributed by atoms with Gasteiger partial charge in [-0.1, -0.05) is 23.5 Å². The largest absolute Gasteiger partial charge is 0.392 e. The van der Waals surface area contributed by atoms with Gasteiger partial charge in [-0.05, 0) is 40.0 Å². The summed E-state index contributed by atoms with van der Waals surface area (Å²) in [6.45, 7) is 5.61. The minimum Gasteiger partial charge on any atom is -0.392 e. The molecule has 1 aliphatic carbocycles. The molecule has 3 atom stereocenters. The molecule has 0 aliphatic heterocycles. The summed E-state index contributed by atoms with van der Waals surface area (Å²) in [6.07, 6.45) is 5.16. The Morgan fingerprint density at radius 3 is 2.81 bits per heavy atom. The van der Waals surface area contributed by atoms with Gasteiger partial charge >= 0.3 is 0 Å². The molecule has 0 heterocycles. The first-order valence-corrected chi connectivity index (χ1v) is 5.98. The van der Waals surface area contributed by atoms with Crippen LogP contribution in [-0.2, 0) is 0 Å². The summed E-state index contributed by atoms with van der Waals surface area (Å²) in [7, 11) is 0. The highest BCUT2D eigenvalue weighted by atomic mass is 16.3. The molecule has 0 aromatic rings. The second-order valence-electron chi connectivity index (χ2n) is 5.02. The van der Waals surface area contributed by atoms with E-state index in [2.05, 4.69) is 24.8 Å². The number of aliphatic hydroxyl groups excluding tert-OH is 1. The van der Waals surface area contributed by atoms with E-state index in [0.29, 0.717) is 6.42 Å². The van der Waals surface area contributed by atoms with Crippen LogP contribution in [0.1, 0.15) is 46.5 Å². The molecule has 0 aromatic heterocycles. The van der Waals surface area contributed by atoms with Crippen LogP contribution in [0, 0.1) is 17.8 Å². The maximum absolute atomic E-state index is 10.3. The predicted octanol–water partition coefficient (Wildman–Crippen LogP) is 2.26. The maximum Gasteiger partial charge on any atom is 0.125 e. The lowest BCUT2D eigenvalue weighted by Crippen LogP contribution is -2.33. The average Bonchev–Trinajstić information content (AvgIpc) is 2.17. The van der Waals surface area contributed by atoms with E-state index in [9.17, 15) is 5.11 Å². The Kier molecular flexibility index (Phi) is 4.58. The van der Waals surface area contributed by atoms with Crippen molar-refractivity contribution in [2.75, 3.05) is 0 Å². The summed E-state index contributed by atoms with van der Waals surface area (Å²) in [5.74, 6) is 5.97.